The van der Waals surface area contributed by atoms with E-state index in [0.717, 1.165) is 18.5 Å². The second-order valence-corrected chi connectivity index (χ2v) is 5.55. The number of benzene rings is 1. The first-order valence-electron chi connectivity index (χ1n) is 7.07. The molecule has 1 heterocycles. The van der Waals surface area contributed by atoms with Gasteiger partial charge in [0.05, 0.1) is 0 Å². The Kier molecular flexibility index (Phi) is 4.61. The first-order chi connectivity index (χ1) is 8.29. The van der Waals surface area contributed by atoms with E-state index in [1.807, 2.05) is 0 Å². The summed E-state index contributed by atoms with van der Waals surface area (Å²) in [5.74, 6) is 0.876. The smallest absolute Gasteiger partial charge is 0.0236 e. The van der Waals surface area contributed by atoms with E-state index in [1.165, 1.54) is 37.8 Å². The summed E-state index contributed by atoms with van der Waals surface area (Å²) in [5, 5.41) is 0. The first kappa shape index (κ1) is 12.6. The number of rotatable bonds is 5. The molecule has 0 saturated carbocycles. The van der Waals surface area contributed by atoms with Crippen molar-refractivity contribution in [1.29, 1.82) is 0 Å². The highest BCUT2D eigenvalue weighted by atomic mass is 15.2. The first-order valence-corrected chi connectivity index (χ1v) is 7.07. The largest absolute Gasteiger partial charge is 0.296 e. The molecule has 1 aliphatic rings. The van der Waals surface area contributed by atoms with E-state index in [0.29, 0.717) is 0 Å². The highest BCUT2D eigenvalue weighted by Gasteiger charge is 2.28. The van der Waals surface area contributed by atoms with E-state index in [9.17, 15) is 0 Å². The summed E-state index contributed by atoms with van der Waals surface area (Å²) in [7, 11) is 0. The Labute approximate surface area is 106 Å². The van der Waals surface area contributed by atoms with Crippen LogP contribution >= 0.6 is 0 Å². The van der Waals surface area contributed by atoms with Gasteiger partial charge in [-0.1, -0.05) is 57.0 Å². The lowest BCUT2D eigenvalue weighted by Gasteiger charge is -2.24. The van der Waals surface area contributed by atoms with Crippen LogP contribution in [0.1, 0.15) is 45.1 Å². The monoisotopic (exact) mass is 231 g/mol. The van der Waals surface area contributed by atoms with Crippen LogP contribution in [-0.4, -0.2) is 17.5 Å². The lowest BCUT2D eigenvalue weighted by Crippen LogP contribution is -2.28. The molecule has 0 amide bonds. The van der Waals surface area contributed by atoms with E-state index in [2.05, 4.69) is 49.1 Å². The number of hydrogen-bond acceptors (Lipinski definition) is 1. The topological polar surface area (TPSA) is 3.24 Å². The third-order valence-electron chi connectivity index (χ3n) is 3.86. The van der Waals surface area contributed by atoms with Crippen molar-refractivity contribution in [2.24, 2.45) is 5.92 Å². The third kappa shape index (κ3) is 3.57. The second-order valence-electron chi connectivity index (χ2n) is 5.55. The van der Waals surface area contributed by atoms with Crippen LogP contribution in [0.25, 0.3) is 0 Å². The zero-order valence-corrected chi connectivity index (χ0v) is 11.2. The molecular weight excluding hydrogens is 206 g/mol. The molecule has 1 saturated heterocycles. The minimum atomic E-state index is 0.824. The summed E-state index contributed by atoms with van der Waals surface area (Å²) in [6.45, 7) is 7.10. The van der Waals surface area contributed by atoms with Crippen LogP contribution in [-0.2, 0) is 6.54 Å². The van der Waals surface area contributed by atoms with Crippen molar-refractivity contribution >= 4 is 0 Å². The maximum absolute atomic E-state index is 2.69. The lowest BCUT2D eigenvalue weighted by atomic mass is 10.0. The SMILES string of the molecule is CCCC[C@@H]1C[C@H](C)CN1Cc1ccccc1. The Morgan fingerprint density at radius 1 is 1.24 bits per heavy atom. The number of unbranched alkanes of at least 4 members (excludes halogenated alkanes) is 1. The minimum Gasteiger partial charge on any atom is -0.296 e. The molecule has 1 fully saturated rings. The van der Waals surface area contributed by atoms with Gasteiger partial charge >= 0.3 is 0 Å². The predicted molar refractivity (Wildman–Crippen MR) is 73.9 cm³/mol. The van der Waals surface area contributed by atoms with Crippen LogP contribution in [0.3, 0.4) is 0 Å². The zero-order chi connectivity index (χ0) is 12.1. The Morgan fingerprint density at radius 3 is 2.71 bits per heavy atom. The number of likely N-dealkylation sites (tertiary alicyclic amines) is 1. The molecule has 0 N–H and O–H groups in total. The maximum atomic E-state index is 2.69. The molecule has 1 aliphatic heterocycles. The summed E-state index contributed by atoms with van der Waals surface area (Å²) in [6.07, 6.45) is 5.48. The van der Waals surface area contributed by atoms with Crippen LogP contribution in [0.4, 0.5) is 0 Å². The van der Waals surface area contributed by atoms with Crippen molar-refractivity contribution in [2.75, 3.05) is 6.54 Å². The van der Waals surface area contributed by atoms with Gasteiger partial charge in [0.25, 0.3) is 0 Å². The van der Waals surface area contributed by atoms with Gasteiger partial charge in [-0.15, -0.1) is 0 Å². The molecule has 0 radical (unpaired) electrons. The summed E-state index contributed by atoms with van der Waals surface area (Å²) >= 11 is 0. The Bertz CT molecular complexity index is 320. The molecule has 0 spiro atoms. The lowest BCUT2D eigenvalue weighted by molar-refractivity contribution is 0.229. The van der Waals surface area contributed by atoms with Crippen molar-refractivity contribution in [3.8, 4) is 0 Å². The molecule has 17 heavy (non-hydrogen) atoms. The Hall–Kier alpha value is -0.820. The highest BCUT2D eigenvalue weighted by Crippen LogP contribution is 2.27. The quantitative estimate of drug-likeness (QED) is 0.738. The molecule has 0 aromatic heterocycles. The maximum Gasteiger partial charge on any atom is 0.0236 e. The normalized spacial score (nSPS) is 25.3. The van der Waals surface area contributed by atoms with E-state index in [1.54, 1.807) is 0 Å². The van der Waals surface area contributed by atoms with Crippen LogP contribution in [0, 0.1) is 5.92 Å². The van der Waals surface area contributed by atoms with Gasteiger partial charge in [-0.2, -0.15) is 0 Å². The van der Waals surface area contributed by atoms with Gasteiger partial charge in [-0.25, -0.2) is 0 Å². The van der Waals surface area contributed by atoms with Gasteiger partial charge < -0.3 is 0 Å². The van der Waals surface area contributed by atoms with E-state index < -0.39 is 0 Å². The van der Waals surface area contributed by atoms with E-state index in [-0.39, 0.29) is 0 Å². The summed E-state index contributed by atoms with van der Waals surface area (Å²) < 4.78 is 0. The zero-order valence-electron chi connectivity index (χ0n) is 11.2. The molecular formula is C16H25N. The fraction of sp³-hybridized carbons (Fsp3) is 0.625. The van der Waals surface area contributed by atoms with Crippen LogP contribution in [0.5, 0.6) is 0 Å². The standard InChI is InChI=1S/C16H25N/c1-3-4-10-16-11-14(2)12-17(16)13-15-8-6-5-7-9-15/h5-9,14,16H,3-4,10-13H2,1-2H3/t14-,16+/m0/s1. The summed E-state index contributed by atoms with van der Waals surface area (Å²) in [6, 6.07) is 11.7. The van der Waals surface area contributed by atoms with Crippen LogP contribution in [0.2, 0.25) is 0 Å². The fourth-order valence-corrected chi connectivity index (χ4v) is 2.99. The third-order valence-corrected chi connectivity index (χ3v) is 3.86. The molecule has 1 heteroatoms. The summed E-state index contributed by atoms with van der Waals surface area (Å²) in [4.78, 5) is 2.69. The van der Waals surface area contributed by atoms with E-state index >= 15 is 0 Å². The summed E-state index contributed by atoms with van der Waals surface area (Å²) in [5.41, 5.74) is 1.46. The van der Waals surface area contributed by atoms with Crippen molar-refractivity contribution < 1.29 is 0 Å². The Balaban J connectivity index is 1.93. The molecule has 1 aromatic carbocycles. The average Bonchev–Trinajstić information content (AvgIpc) is 2.68. The van der Waals surface area contributed by atoms with Crippen molar-refractivity contribution in [3.05, 3.63) is 35.9 Å². The van der Waals surface area contributed by atoms with Crippen molar-refractivity contribution in [1.82, 2.24) is 4.90 Å². The molecule has 2 rings (SSSR count). The molecule has 0 bridgehead atoms. The Morgan fingerprint density at radius 2 is 2.00 bits per heavy atom. The van der Waals surface area contributed by atoms with E-state index in [4.69, 9.17) is 0 Å². The van der Waals surface area contributed by atoms with Crippen molar-refractivity contribution in [3.63, 3.8) is 0 Å². The fourth-order valence-electron chi connectivity index (χ4n) is 2.99. The molecule has 94 valence electrons. The molecule has 1 aromatic rings. The average molecular weight is 231 g/mol. The van der Waals surface area contributed by atoms with Crippen molar-refractivity contribution in [2.45, 2.75) is 52.1 Å². The minimum absolute atomic E-state index is 0.824. The second kappa shape index (κ2) is 6.20. The van der Waals surface area contributed by atoms with Gasteiger partial charge in [0.15, 0.2) is 0 Å². The van der Waals surface area contributed by atoms with Gasteiger partial charge in [0, 0.05) is 19.1 Å². The van der Waals surface area contributed by atoms with Crippen LogP contribution < -0.4 is 0 Å². The van der Waals surface area contributed by atoms with Gasteiger partial charge in [0.1, 0.15) is 0 Å². The molecule has 1 nitrogen and oxygen atoms in total. The number of nitrogens with zero attached hydrogens (tertiary/aromatic N) is 1. The molecule has 2 atom stereocenters. The van der Waals surface area contributed by atoms with Gasteiger partial charge in [0.2, 0.25) is 0 Å². The molecule has 0 aliphatic carbocycles. The number of hydrogen-bond donors (Lipinski definition) is 0. The van der Waals surface area contributed by atoms with Crippen LogP contribution in [0.15, 0.2) is 30.3 Å². The molecule has 0 unspecified atom stereocenters. The van der Waals surface area contributed by atoms with Gasteiger partial charge in [-0.3, -0.25) is 4.90 Å². The highest BCUT2D eigenvalue weighted by molar-refractivity contribution is 5.14. The predicted octanol–water partition coefficient (Wildman–Crippen LogP) is 4.09. The van der Waals surface area contributed by atoms with Gasteiger partial charge in [-0.05, 0) is 24.3 Å².